The third-order valence-corrected chi connectivity index (χ3v) is 5.41. The van der Waals surface area contributed by atoms with Gasteiger partial charge in [-0.2, -0.15) is 0 Å². The Kier molecular flexibility index (Phi) is 7.76. The molecule has 0 spiro atoms. The molecule has 0 saturated carbocycles. The van der Waals surface area contributed by atoms with E-state index >= 15 is 0 Å². The second kappa shape index (κ2) is 10.7. The highest BCUT2D eigenvalue weighted by atomic mass is 16.2. The smallest absolute Gasteiger partial charge is 0.307 e. The Labute approximate surface area is 178 Å². The van der Waals surface area contributed by atoms with Crippen LogP contribution in [0.25, 0.3) is 6.08 Å². The molecule has 6 nitrogen and oxygen atoms in total. The number of piperazine rings is 1. The van der Waals surface area contributed by atoms with Gasteiger partial charge in [0.05, 0.1) is 6.54 Å². The first-order valence-corrected chi connectivity index (χ1v) is 10.3. The van der Waals surface area contributed by atoms with Crippen LogP contribution in [0.5, 0.6) is 0 Å². The fourth-order valence-corrected chi connectivity index (χ4v) is 3.44. The second-order valence-electron chi connectivity index (χ2n) is 7.64. The van der Waals surface area contributed by atoms with Gasteiger partial charge in [0, 0.05) is 38.4 Å². The molecule has 2 aromatic rings. The average molecular weight is 407 g/mol. The average Bonchev–Trinajstić information content (AvgIpc) is 2.73. The molecular formula is C24H30N4O2. The summed E-state index contributed by atoms with van der Waals surface area (Å²) < 4.78 is 0. The van der Waals surface area contributed by atoms with Gasteiger partial charge in [-0.25, -0.2) is 4.79 Å². The number of nitrogens with one attached hydrogen (secondary N) is 2. The Hall–Kier alpha value is -2.96. The van der Waals surface area contributed by atoms with E-state index in [1.165, 1.54) is 5.56 Å². The standard InChI is InChI=1S/C24H30N4O2/c1-19-8-6-12-22(20(19)2)25-24(30)26-23(29)18-28-16-14-27(15-17-28)13-7-11-21-9-4-3-5-10-21/h3-12H,13-18H2,1-2H3,(H2,25,26,29,30)/b11-7+. The van der Waals surface area contributed by atoms with E-state index in [4.69, 9.17) is 0 Å². The van der Waals surface area contributed by atoms with E-state index in [2.05, 4.69) is 44.7 Å². The SMILES string of the molecule is Cc1cccc(NC(=O)NC(=O)CN2CCN(C/C=C/c3ccccc3)CC2)c1C. The summed E-state index contributed by atoms with van der Waals surface area (Å²) in [6.45, 7) is 8.49. The van der Waals surface area contributed by atoms with E-state index in [1.807, 2.05) is 50.2 Å². The molecule has 0 unspecified atom stereocenters. The number of aryl methyl sites for hydroxylation is 1. The summed E-state index contributed by atoms with van der Waals surface area (Å²) in [4.78, 5) is 28.8. The number of urea groups is 1. The number of carbonyl (C=O) groups is 2. The minimum atomic E-state index is -0.488. The van der Waals surface area contributed by atoms with Crippen molar-refractivity contribution < 1.29 is 9.59 Å². The Balaban J connectivity index is 1.37. The third-order valence-electron chi connectivity index (χ3n) is 5.41. The molecule has 1 heterocycles. The number of nitrogens with zero attached hydrogens (tertiary/aromatic N) is 2. The van der Waals surface area contributed by atoms with Crippen LogP contribution in [0.2, 0.25) is 0 Å². The predicted molar refractivity (Wildman–Crippen MR) is 121 cm³/mol. The Morgan fingerprint density at radius 2 is 1.63 bits per heavy atom. The van der Waals surface area contributed by atoms with Gasteiger partial charge in [-0.3, -0.25) is 19.9 Å². The zero-order valence-corrected chi connectivity index (χ0v) is 17.7. The number of hydrogen-bond acceptors (Lipinski definition) is 4. The summed E-state index contributed by atoms with van der Waals surface area (Å²) in [6, 6.07) is 15.5. The molecular weight excluding hydrogens is 376 g/mol. The summed E-state index contributed by atoms with van der Waals surface area (Å²) in [7, 11) is 0. The molecule has 30 heavy (non-hydrogen) atoms. The molecule has 0 radical (unpaired) electrons. The maximum absolute atomic E-state index is 12.2. The van der Waals surface area contributed by atoms with Gasteiger partial charge in [0.15, 0.2) is 0 Å². The lowest BCUT2D eigenvalue weighted by Gasteiger charge is -2.33. The van der Waals surface area contributed by atoms with Gasteiger partial charge < -0.3 is 5.32 Å². The molecule has 0 aromatic heterocycles. The summed E-state index contributed by atoms with van der Waals surface area (Å²) in [5.41, 5.74) is 4.01. The number of carbonyl (C=O) groups excluding carboxylic acids is 2. The first kappa shape index (κ1) is 21.7. The first-order valence-electron chi connectivity index (χ1n) is 10.3. The molecule has 1 fully saturated rings. The van der Waals surface area contributed by atoms with Crippen LogP contribution in [-0.4, -0.2) is 61.0 Å². The fraction of sp³-hybridized carbons (Fsp3) is 0.333. The number of hydrogen-bond donors (Lipinski definition) is 2. The maximum Gasteiger partial charge on any atom is 0.325 e. The number of benzene rings is 2. The summed E-state index contributed by atoms with van der Waals surface area (Å²) in [6.07, 6.45) is 4.31. The summed E-state index contributed by atoms with van der Waals surface area (Å²) >= 11 is 0. The lowest BCUT2D eigenvalue weighted by Crippen LogP contribution is -2.50. The number of imide groups is 1. The fourth-order valence-electron chi connectivity index (χ4n) is 3.44. The number of amides is 3. The van der Waals surface area contributed by atoms with E-state index in [1.54, 1.807) is 0 Å². The largest absolute Gasteiger partial charge is 0.325 e. The molecule has 158 valence electrons. The van der Waals surface area contributed by atoms with Gasteiger partial charge in [0.1, 0.15) is 0 Å². The number of anilines is 1. The Morgan fingerprint density at radius 3 is 2.37 bits per heavy atom. The van der Waals surface area contributed by atoms with Crippen molar-refractivity contribution in [2.45, 2.75) is 13.8 Å². The zero-order chi connectivity index (χ0) is 21.3. The maximum atomic E-state index is 12.2. The Bertz CT molecular complexity index is 887. The van der Waals surface area contributed by atoms with Crippen LogP contribution in [0.3, 0.4) is 0 Å². The van der Waals surface area contributed by atoms with Crippen LogP contribution in [0, 0.1) is 13.8 Å². The van der Waals surface area contributed by atoms with E-state index in [9.17, 15) is 9.59 Å². The van der Waals surface area contributed by atoms with Gasteiger partial charge in [-0.05, 0) is 36.6 Å². The third kappa shape index (κ3) is 6.54. The monoisotopic (exact) mass is 406 g/mol. The molecule has 3 amide bonds. The van der Waals surface area contributed by atoms with E-state index in [-0.39, 0.29) is 12.5 Å². The van der Waals surface area contributed by atoms with Crippen molar-refractivity contribution in [1.29, 1.82) is 0 Å². The molecule has 2 N–H and O–H groups in total. The summed E-state index contributed by atoms with van der Waals surface area (Å²) in [5.74, 6) is -0.282. The molecule has 1 aliphatic heterocycles. The van der Waals surface area contributed by atoms with Gasteiger partial charge in [-0.1, -0.05) is 54.6 Å². The van der Waals surface area contributed by atoms with Gasteiger partial charge >= 0.3 is 6.03 Å². The minimum Gasteiger partial charge on any atom is -0.307 e. The summed E-state index contributed by atoms with van der Waals surface area (Å²) in [5, 5.41) is 5.19. The molecule has 0 bridgehead atoms. The van der Waals surface area contributed by atoms with Gasteiger partial charge in [0.25, 0.3) is 0 Å². The topological polar surface area (TPSA) is 64.7 Å². The van der Waals surface area contributed by atoms with Crippen LogP contribution in [0.4, 0.5) is 10.5 Å². The van der Waals surface area contributed by atoms with Gasteiger partial charge in [-0.15, -0.1) is 0 Å². The molecule has 0 aliphatic carbocycles. The normalized spacial score (nSPS) is 15.3. The molecule has 6 heteroatoms. The predicted octanol–water partition coefficient (Wildman–Crippen LogP) is 3.28. The second-order valence-corrected chi connectivity index (χ2v) is 7.64. The highest BCUT2D eigenvalue weighted by Gasteiger charge is 2.19. The van der Waals surface area contributed by atoms with Crippen molar-refractivity contribution in [3.8, 4) is 0 Å². The van der Waals surface area contributed by atoms with E-state index in [0.29, 0.717) is 0 Å². The quantitative estimate of drug-likeness (QED) is 0.773. The van der Waals surface area contributed by atoms with Crippen molar-refractivity contribution in [2.24, 2.45) is 0 Å². The molecule has 1 saturated heterocycles. The zero-order valence-electron chi connectivity index (χ0n) is 17.7. The molecule has 3 rings (SSSR count). The van der Waals surface area contributed by atoms with Crippen molar-refractivity contribution in [3.05, 3.63) is 71.3 Å². The highest BCUT2D eigenvalue weighted by Crippen LogP contribution is 2.17. The highest BCUT2D eigenvalue weighted by molar-refractivity contribution is 6.02. The lowest BCUT2D eigenvalue weighted by atomic mass is 10.1. The Morgan fingerprint density at radius 1 is 0.933 bits per heavy atom. The van der Waals surface area contributed by atoms with Crippen molar-refractivity contribution in [2.75, 3.05) is 44.6 Å². The van der Waals surface area contributed by atoms with Crippen LogP contribution in [0.1, 0.15) is 16.7 Å². The lowest BCUT2D eigenvalue weighted by molar-refractivity contribution is -0.121. The minimum absolute atomic E-state index is 0.230. The van der Waals surface area contributed by atoms with E-state index in [0.717, 1.165) is 49.5 Å². The molecule has 0 atom stereocenters. The van der Waals surface area contributed by atoms with Crippen LogP contribution >= 0.6 is 0 Å². The molecule has 2 aromatic carbocycles. The van der Waals surface area contributed by atoms with Crippen LogP contribution in [0.15, 0.2) is 54.6 Å². The van der Waals surface area contributed by atoms with E-state index < -0.39 is 6.03 Å². The number of rotatable bonds is 6. The first-order chi connectivity index (χ1) is 14.5. The van der Waals surface area contributed by atoms with Gasteiger partial charge in [0.2, 0.25) is 5.91 Å². The van der Waals surface area contributed by atoms with Crippen molar-refractivity contribution >= 4 is 23.7 Å². The van der Waals surface area contributed by atoms with Crippen LogP contribution in [-0.2, 0) is 4.79 Å². The van der Waals surface area contributed by atoms with Crippen molar-refractivity contribution in [1.82, 2.24) is 15.1 Å². The van der Waals surface area contributed by atoms with Crippen molar-refractivity contribution in [3.63, 3.8) is 0 Å². The molecule has 1 aliphatic rings. The van der Waals surface area contributed by atoms with Crippen LogP contribution < -0.4 is 10.6 Å².